The van der Waals surface area contributed by atoms with Crippen LogP contribution in [0.25, 0.3) is 0 Å². The molecule has 0 saturated carbocycles. The molecule has 0 spiro atoms. The minimum absolute atomic E-state index is 0.123. The number of esters is 1. The third kappa shape index (κ3) is 53.7. The second kappa shape index (κ2) is 66.8. The van der Waals surface area contributed by atoms with Gasteiger partial charge in [0.2, 0.25) is 5.91 Å². The molecule has 0 aliphatic carbocycles. The van der Waals surface area contributed by atoms with Crippen LogP contribution in [0, 0.1) is 0 Å². The Labute approximate surface area is 559 Å². The van der Waals surface area contributed by atoms with E-state index in [1.54, 1.807) is 6.08 Å². The summed E-state index contributed by atoms with van der Waals surface area (Å²) in [5.74, 6) is -1.19. The summed E-state index contributed by atoms with van der Waals surface area (Å²) in [6.07, 6.45) is 79.1. The van der Waals surface area contributed by atoms with Gasteiger partial charge in [-0.3, -0.25) is 9.59 Å². The number of carbonyl (C=O) groups is 2. The van der Waals surface area contributed by atoms with Crippen LogP contribution in [0.1, 0.15) is 348 Å². The molecule has 1 fully saturated rings. The number of rotatable bonds is 66. The highest BCUT2D eigenvalue weighted by atomic mass is 16.7. The topological polar surface area (TPSA) is 175 Å². The summed E-state index contributed by atoms with van der Waals surface area (Å²) in [5.41, 5.74) is 0. The maximum atomic E-state index is 13.5. The lowest BCUT2D eigenvalue weighted by Crippen LogP contribution is -2.61. The van der Waals surface area contributed by atoms with E-state index in [1.807, 2.05) is 6.08 Å². The third-order valence-electron chi connectivity index (χ3n) is 17.8. The van der Waals surface area contributed by atoms with Crippen molar-refractivity contribution in [2.24, 2.45) is 0 Å². The Hall–Kier alpha value is -3.16. The summed E-state index contributed by atoms with van der Waals surface area (Å²) < 4.78 is 17.7. The number of ether oxygens (including phenoxy) is 3. The van der Waals surface area contributed by atoms with Crippen molar-refractivity contribution < 1.29 is 49.3 Å². The van der Waals surface area contributed by atoms with Crippen molar-refractivity contribution in [2.75, 3.05) is 13.2 Å². The lowest BCUT2D eigenvalue weighted by molar-refractivity contribution is -0.305. The van der Waals surface area contributed by atoms with Crippen molar-refractivity contribution in [1.82, 2.24) is 5.32 Å². The van der Waals surface area contributed by atoms with E-state index in [9.17, 15) is 35.1 Å². The Balaban J connectivity index is 2.55. The second-order valence-corrected chi connectivity index (χ2v) is 26.4. The zero-order chi connectivity index (χ0) is 66.0. The predicted molar refractivity (Wildman–Crippen MR) is 384 cm³/mol. The molecule has 0 aromatic carbocycles. The first-order valence-electron chi connectivity index (χ1n) is 38.4. The number of hydrogen-bond acceptors (Lipinski definition) is 10. The van der Waals surface area contributed by atoms with Crippen LogP contribution in [-0.2, 0) is 23.8 Å². The highest BCUT2D eigenvalue weighted by Gasteiger charge is 2.47. The van der Waals surface area contributed by atoms with Crippen LogP contribution in [0.4, 0.5) is 0 Å². The number of amides is 1. The average molecular weight is 1280 g/mol. The molecule has 1 aliphatic heterocycles. The zero-order valence-electron chi connectivity index (χ0n) is 59.0. The van der Waals surface area contributed by atoms with Gasteiger partial charge in [-0.05, 0) is 96.3 Å². The van der Waals surface area contributed by atoms with Gasteiger partial charge in [0.15, 0.2) is 12.4 Å². The molecule has 8 atom stereocenters. The molecule has 1 aliphatic rings. The lowest BCUT2D eigenvalue weighted by atomic mass is 9.99. The van der Waals surface area contributed by atoms with E-state index in [4.69, 9.17) is 14.2 Å². The molecule has 0 bridgehead atoms. The molecule has 11 heteroatoms. The maximum absolute atomic E-state index is 13.5. The van der Waals surface area contributed by atoms with Gasteiger partial charge in [0.1, 0.15) is 24.4 Å². The fourth-order valence-corrected chi connectivity index (χ4v) is 11.8. The first kappa shape index (κ1) is 85.9. The molecular formula is C80H143NO10. The monoisotopic (exact) mass is 1280 g/mol. The summed E-state index contributed by atoms with van der Waals surface area (Å²) in [4.78, 5) is 26.8. The first-order valence-corrected chi connectivity index (χ1v) is 38.4. The molecule has 0 radical (unpaired) electrons. The highest BCUT2D eigenvalue weighted by Crippen LogP contribution is 2.26. The van der Waals surface area contributed by atoms with E-state index in [-0.39, 0.29) is 19.4 Å². The Morgan fingerprint density at radius 3 is 1.20 bits per heavy atom. The summed E-state index contributed by atoms with van der Waals surface area (Å²) in [5, 5.41) is 57.4. The fraction of sp³-hybridized carbons (Fsp3) is 0.800. The quantitative estimate of drug-likeness (QED) is 0.0195. The highest BCUT2D eigenvalue weighted by molar-refractivity contribution is 5.80. The molecule has 1 rings (SSSR count). The van der Waals surface area contributed by atoms with E-state index in [0.717, 1.165) is 96.3 Å². The molecule has 91 heavy (non-hydrogen) atoms. The van der Waals surface area contributed by atoms with E-state index in [1.165, 1.54) is 205 Å². The van der Waals surface area contributed by atoms with Gasteiger partial charge in [-0.15, -0.1) is 0 Å². The molecule has 1 saturated heterocycles. The molecule has 0 aromatic heterocycles. The van der Waals surface area contributed by atoms with Crippen LogP contribution in [0.5, 0.6) is 0 Å². The Morgan fingerprint density at radius 1 is 0.440 bits per heavy atom. The van der Waals surface area contributed by atoms with Gasteiger partial charge in [-0.1, -0.05) is 331 Å². The van der Waals surface area contributed by atoms with Gasteiger partial charge in [-0.25, -0.2) is 0 Å². The number of aliphatic hydroxyl groups is 5. The molecule has 11 nitrogen and oxygen atoms in total. The molecule has 528 valence electrons. The largest absolute Gasteiger partial charge is 0.454 e. The van der Waals surface area contributed by atoms with Crippen LogP contribution in [0.2, 0.25) is 0 Å². The smallest absolute Gasteiger partial charge is 0.306 e. The molecule has 0 aromatic rings. The fourth-order valence-electron chi connectivity index (χ4n) is 11.8. The average Bonchev–Trinajstić information content (AvgIpc) is 0.969. The standard InChI is InChI=1S/C80H143NO10/c1-4-7-10-13-16-19-22-25-27-29-31-33-35-36-37-39-40-42-44-46-49-52-55-58-61-64-67-73(84)79(88)81-71(72(83)66-63-60-57-54-51-48-24-21-18-15-12-9-6-3)70-89-80-78(77(87)76(86)74(69-82)90-80)91-75(85)68-65-62-59-56-53-50-47-45-43-41-38-34-32-30-28-26-23-20-17-14-11-8-5-2/h7,10,16,19,25-28,31,33,36-37,63,66,71-74,76-78,80,82-84,86-87H,4-6,8-9,11-15,17-18,20-24,29-30,32,34-35,38-62,64-65,67-70H2,1-3H3,(H,81,88)/b10-7-,19-16-,27-25-,28-26+,33-31-,37-36-,66-63+. The van der Waals surface area contributed by atoms with Crippen LogP contribution in [0.3, 0.4) is 0 Å². The van der Waals surface area contributed by atoms with Gasteiger partial charge < -0.3 is 45.1 Å². The third-order valence-corrected chi connectivity index (χ3v) is 17.8. The van der Waals surface area contributed by atoms with E-state index < -0.39 is 67.4 Å². The summed E-state index contributed by atoms with van der Waals surface area (Å²) in [6, 6.07) is -1.03. The molecule has 1 heterocycles. The SMILES string of the molecule is CC/C=C\C/C=C\C/C=C\C/C=C\C/C=C\CCCCCCCCCCCCC(O)C(=O)NC(COC1OC(CO)C(O)C(O)C1OC(=O)CCCCCCCCCCCCCCC/C=C/CCCCCCCC)C(O)/C=C/CCCCCCCCCCCCC. The number of aliphatic hydroxyl groups excluding tert-OH is 5. The van der Waals surface area contributed by atoms with Gasteiger partial charge in [0.05, 0.1) is 25.4 Å². The van der Waals surface area contributed by atoms with Crippen molar-refractivity contribution in [3.8, 4) is 0 Å². The second-order valence-electron chi connectivity index (χ2n) is 26.4. The Bertz CT molecular complexity index is 1810. The zero-order valence-corrected chi connectivity index (χ0v) is 59.0. The molecule has 1 amide bonds. The van der Waals surface area contributed by atoms with Crippen LogP contribution in [-0.4, -0.2) is 99.6 Å². The van der Waals surface area contributed by atoms with E-state index >= 15 is 0 Å². The Kier molecular flexibility index (Phi) is 63.1. The molecular weight excluding hydrogens is 1130 g/mol. The van der Waals surface area contributed by atoms with Crippen molar-refractivity contribution >= 4 is 11.9 Å². The normalized spacial score (nSPS) is 18.4. The predicted octanol–water partition coefficient (Wildman–Crippen LogP) is 20.4. The summed E-state index contributed by atoms with van der Waals surface area (Å²) in [6.45, 7) is 5.72. The lowest BCUT2D eigenvalue weighted by Gasteiger charge is -2.41. The number of unbranched alkanes of at least 4 members (excludes halogenated alkanes) is 40. The van der Waals surface area contributed by atoms with Gasteiger partial charge in [0.25, 0.3) is 0 Å². The van der Waals surface area contributed by atoms with Crippen molar-refractivity contribution in [1.29, 1.82) is 0 Å². The van der Waals surface area contributed by atoms with Crippen LogP contribution in [0.15, 0.2) is 85.1 Å². The minimum atomic E-state index is -1.62. The molecule has 6 N–H and O–H groups in total. The van der Waals surface area contributed by atoms with Gasteiger partial charge in [-0.2, -0.15) is 0 Å². The van der Waals surface area contributed by atoms with Gasteiger partial charge >= 0.3 is 5.97 Å². The van der Waals surface area contributed by atoms with Crippen LogP contribution >= 0.6 is 0 Å². The van der Waals surface area contributed by atoms with E-state index in [0.29, 0.717) is 12.8 Å². The summed E-state index contributed by atoms with van der Waals surface area (Å²) >= 11 is 0. The van der Waals surface area contributed by atoms with Gasteiger partial charge in [0, 0.05) is 6.42 Å². The number of nitrogens with one attached hydrogen (secondary N) is 1. The van der Waals surface area contributed by atoms with Crippen molar-refractivity contribution in [2.45, 2.75) is 397 Å². The number of allylic oxidation sites excluding steroid dienone is 13. The molecule has 8 unspecified atom stereocenters. The van der Waals surface area contributed by atoms with Crippen LogP contribution < -0.4 is 5.32 Å². The number of hydrogen-bond donors (Lipinski definition) is 6. The summed E-state index contributed by atoms with van der Waals surface area (Å²) in [7, 11) is 0. The van der Waals surface area contributed by atoms with E-state index in [2.05, 4.69) is 99.0 Å². The first-order chi connectivity index (χ1) is 44.7. The number of carbonyl (C=O) groups excluding carboxylic acids is 2. The Morgan fingerprint density at radius 2 is 0.791 bits per heavy atom. The minimum Gasteiger partial charge on any atom is -0.454 e. The van der Waals surface area contributed by atoms with Crippen molar-refractivity contribution in [3.63, 3.8) is 0 Å². The maximum Gasteiger partial charge on any atom is 0.306 e. The van der Waals surface area contributed by atoms with Crippen molar-refractivity contribution in [3.05, 3.63) is 85.1 Å².